The minimum absolute atomic E-state index is 0.0293. The molecule has 0 saturated heterocycles. The molecular formula is C24H22O6. The van der Waals surface area contributed by atoms with Crippen molar-refractivity contribution >= 4 is 17.6 Å². The topological polar surface area (TPSA) is 85.2 Å². The summed E-state index contributed by atoms with van der Waals surface area (Å²) in [5.41, 5.74) is 2.10. The number of carboxylic acids is 1. The van der Waals surface area contributed by atoms with Crippen molar-refractivity contribution < 1.29 is 29.2 Å². The van der Waals surface area contributed by atoms with Gasteiger partial charge in [-0.05, 0) is 59.2 Å². The van der Waals surface area contributed by atoms with Gasteiger partial charge in [0.1, 0.15) is 23.0 Å². The van der Waals surface area contributed by atoms with Crippen molar-refractivity contribution in [3.05, 3.63) is 83.4 Å². The number of benzene rings is 3. The van der Waals surface area contributed by atoms with Crippen LogP contribution in [0.25, 0.3) is 11.6 Å². The number of ether oxygens (including phenoxy) is 3. The van der Waals surface area contributed by atoms with E-state index in [1.54, 1.807) is 72.8 Å². The molecular weight excluding hydrogens is 384 g/mol. The van der Waals surface area contributed by atoms with Gasteiger partial charge >= 0.3 is 5.97 Å². The lowest BCUT2D eigenvalue weighted by molar-refractivity contribution is -0.130. The first-order valence-electron chi connectivity index (χ1n) is 9.18. The van der Waals surface area contributed by atoms with E-state index in [1.807, 2.05) is 0 Å². The van der Waals surface area contributed by atoms with Crippen LogP contribution in [0.4, 0.5) is 0 Å². The third-order valence-electron chi connectivity index (χ3n) is 4.42. The predicted molar refractivity (Wildman–Crippen MR) is 114 cm³/mol. The van der Waals surface area contributed by atoms with Gasteiger partial charge in [0.05, 0.1) is 26.4 Å². The number of hydrogen-bond acceptors (Lipinski definition) is 5. The lowest BCUT2D eigenvalue weighted by Crippen LogP contribution is -2.00. The largest absolute Gasteiger partial charge is 0.497 e. The Bertz CT molecular complexity index is 1010. The van der Waals surface area contributed by atoms with E-state index in [1.165, 1.54) is 14.2 Å². The lowest BCUT2D eigenvalue weighted by Gasteiger charge is -2.09. The zero-order valence-electron chi connectivity index (χ0n) is 16.7. The van der Waals surface area contributed by atoms with E-state index in [-0.39, 0.29) is 12.2 Å². The Hall–Kier alpha value is -3.77. The molecule has 30 heavy (non-hydrogen) atoms. The van der Waals surface area contributed by atoms with Crippen molar-refractivity contribution in [1.82, 2.24) is 0 Å². The molecule has 2 N–H and O–H groups in total. The van der Waals surface area contributed by atoms with Gasteiger partial charge < -0.3 is 24.4 Å². The zero-order valence-corrected chi connectivity index (χ0v) is 16.7. The molecule has 0 bridgehead atoms. The van der Waals surface area contributed by atoms with Crippen LogP contribution in [-0.4, -0.2) is 30.4 Å². The molecule has 0 aliphatic heterocycles. The second-order valence-corrected chi connectivity index (χ2v) is 6.44. The molecule has 0 heterocycles. The van der Waals surface area contributed by atoms with Crippen molar-refractivity contribution in [3.8, 4) is 23.0 Å². The van der Waals surface area contributed by atoms with Gasteiger partial charge in [-0.2, -0.15) is 0 Å². The normalized spacial score (nSPS) is 11.1. The number of aliphatic hydroxyl groups excluding tert-OH is 1. The van der Waals surface area contributed by atoms with Crippen molar-refractivity contribution in [2.45, 2.75) is 6.61 Å². The fourth-order valence-corrected chi connectivity index (χ4v) is 2.85. The van der Waals surface area contributed by atoms with Crippen LogP contribution in [-0.2, 0) is 11.4 Å². The summed E-state index contributed by atoms with van der Waals surface area (Å²) in [5.74, 6) is 1.29. The number of hydrogen-bond donors (Lipinski definition) is 2. The number of carbonyl (C=O) groups is 1. The number of aliphatic carboxylic acids is 1. The molecule has 3 aromatic carbocycles. The van der Waals surface area contributed by atoms with E-state index < -0.39 is 5.97 Å². The fraction of sp³-hybridized carbons (Fsp3) is 0.125. The third-order valence-corrected chi connectivity index (χ3v) is 4.42. The van der Waals surface area contributed by atoms with Crippen LogP contribution >= 0.6 is 0 Å². The number of aliphatic hydroxyl groups is 1. The minimum Gasteiger partial charge on any atom is -0.497 e. The van der Waals surface area contributed by atoms with E-state index >= 15 is 0 Å². The van der Waals surface area contributed by atoms with Gasteiger partial charge in [-0.1, -0.05) is 24.3 Å². The van der Waals surface area contributed by atoms with E-state index in [0.29, 0.717) is 34.1 Å². The molecule has 3 aromatic rings. The molecule has 154 valence electrons. The highest BCUT2D eigenvalue weighted by atomic mass is 16.5. The van der Waals surface area contributed by atoms with Crippen molar-refractivity contribution in [1.29, 1.82) is 0 Å². The maximum atomic E-state index is 11.9. The first-order valence-corrected chi connectivity index (χ1v) is 9.18. The Morgan fingerprint density at radius 1 is 0.833 bits per heavy atom. The van der Waals surface area contributed by atoms with E-state index in [4.69, 9.17) is 19.3 Å². The summed E-state index contributed by atoms with van der Waals surface area (Å²) < 4.78 is 16.3. The van der Waals surface area contributed by atoms with Crippen molar-refractivity contribution in [2.24, 2.45) is 0 Å². The Labute approximate surface area is 174 Å². The Morgan fingerprint density at radius 2 is 1.37 bits per heavy atom. The van der Waals surface area contributed by atoms with Gasteiger partial charge in [0.2, 0.25) is 0 Å². The fourth-order valence-electron chi connectivity index (χ4n) is 2.85. The standard InChI is InChI=1S/C24H22O6/c1-28-21-11-17(12-22(14-21)29-2)13-23(24(26)27)18-5-9-20(10-6-18)30-19-7-3-16(15-25)4-8-19/h3-14,25H,15H2,1-2H3,(H,26,27). The van der Waals surface area contributed by atoms with E-state index in [0.717, 1.165) is 5.56 Å². The van der Waals surface area contributed by atoms with Gasteiger partial charge in [0, 0.05) is 6.07 Å². The molecule has 0 fully saturated rings. The van der Waals surface area contributed by atoms with Crippen LogP contribution < -0.4 is 14.2 Å². The van der Waals surface area contributed by atoms with Crippen LogP contribution in [0.1, 0.15) is 16.7 Å². The summed E-state index contributed by atoms with van der Waals surface area (Å²) in [6.07, 6.45) is 1.57. The van der Waals surface area contributed by atoms with Crippen LogP contribution in [0.3, 0.4) is 0 Å². The van der Waals surface area contributed by atoms with Gasteiger partial charge in [0.15, 0.2) is 0 Å². The van der Waals surface area contributed by atoms with Crippen LogP contribution in [0.2, 0.25) is 0 Å². The first kappa shape index (κ1) is 21.0. The van der Waals surface area contributed by atoms with Gasteiger partial charge in [-0.15, -0.1) is 0 Å². The lowest BCUT2D eigenvalue weighted by atomic mass is 10.0. The average molecular weight is 406 g/mol. The third kappa shape index (κ3) is 5.18. The summed E-state index contributed by atoms with van der Waals surface area (Å²) in [6.45, 7) is -0.0293. The highest BCUT2D eigenvalue weighted by Crippen LogP contribution is 2.28. The Kier molecular flexibility index (Phi) is 6.72. The molecule has 0 radical (unpaired) electrons. The van der Waals surface area contributed by atoms with Crippen LogP contribution in [0.5, 0.6) is 23.0 Å². The highest BCUT2D eigenvalue weighted by Gasteiger charge is 2.12. The van der Waals surface area contributed by atoms with Gasteiger partial charge in [0.25, 0.3) is 0 Å². The summed E-state index contributed by atoms with van der Waals surface area (Å²) in [4.78, 5) is 11.9. The maximum Gasteiger partial charge on any atom is 0.336 e. The summed E-state index contributed by atoms with van der Waals surface area (Å²) in [5, 5.41) is 18.8. The second-order valence-electron chi connectivity index (χ2n) is 6.44. The Morgan fingerprint density at radius 3 is 1.83 bits per heavy atom. The molecule has 6 heteroatoms. The second kappa shape index (κ2) is 9.62. The van der Waals surface area contributed by atoms with E-state index in [9.17, 15) is 9.90 Å². The monoisotopic (exact) mass is 406 g/mol. The van der Waals surface area contributed by atoms with E-state index in [2.05, 4.69) is 0 Å². The number of carboxylic acid groups (broad SMARTS) is 1. The van der Waals surface area contributed by atoms with Crippen molar-refractivity contribution in [2.75, 3.05) is 14.2 Å². The molecule has 0 atom stereocenters. The maximum absolute atomic E-state index is 11.9. The SMILES string of the molecule is COc1cc(C=C(C(=O)O)c2ccc(Oc3ccc(CO)cc3)cc2)cc(OC)c1. The van der Waals surface area contributed by atoms with Gasteiger partial charge in [-0.3, -0.25) is 0 Å². The predicted octanol–water partition coefficient (Wildman–Crippen LogP) is 4.61. The smallest absolute Gasteiger partial charge is 0.336 e. The van der Waals surface area contributed by atoms with Crippen LogP contribution in [0.15, 0.2) is 66.7 Å². The molecule has 3 rings (SSSR count). The summed E-state index contributed by atoms with van der Waals surface area (Å²) >= 11 is 0. The molecule has 0 spiro atoms. The molecule has 0 aliphatic rings. The molecule has 0 unspecified atom stereocenters. The number of methoxy groups -OCH3 is 2. The minimum atomic E-state index is -1.05. The summed E-state index contributed by atoms with van der Waals surface area (Å²) in [6, 6.07) is 19.1. The molecule has 6 nitrogen and oxygen atoms in total. The Balaban J connectivity index is 1.86. The van der Waals surface area contributed by atoms with Gasteiger partial charge in [-0.25, -0.2) is 4.79 Å². The zero-order chi connectivity index (χ0) is 21.5. The summed E-state index contributed by atoms with van der Waals surface area (Å²) in [7, 11) is 3.08. The molecule has 0 saturated carbocycles. The first-order chi connectivity index (χ1) is 14.5. The quantitative estimate of drug-likeness (QED) is 0.420. The van der Waals surface area contributed by atoms with Crippen molar-refractivity contribution in [3.63, 3.8) is 0 Å². The molecule has 0 aliphatic carbocycles. The molecule has 0 amide bonds. The number of rotatable bonds is 8. The average Bonchev–Trinajstić information content (AvgIpc) is 2.78. The van der Waals surface area contributed by atoms with Crippen LogP contribution in [0, 0.1) is 0 Å². The molecule has 0 aromatic heterocycles. The highest BCUT2D eigenvalue weighted by molar-refractivity contribution is 6.20.